The molecule has 0 bridgehead atoms. The smallest absolute Gasteiger partial charge is 0.251 e. The molecule has 0 aromatic heterocycles. The van der Waals surface area contributed by atoms with Gasteiger partial charge in [-0.2, -0.15) is 0 Å². The van der Waals surface area contributed by atoms with E-state index in [0.29, 0.717) is 19.8 Å². The highest BCUT2D eigenvalue weighted by Crippen LogP contribution is 2.26. The molecule has 4 nitrogen and oxygen atoms in total. The van der Waals surface area contributed by atoms with Gasteiger partial charge in [-0.1, -0.05) is 30.3 Å². The number of ether oxygens (including phenoxy) is 1. The van der Waals surface area contributed by atoms with Gasteiger partial charge >= 0.3 is 0 Å². The van der Waals surface area contributed by atoms with E-state index in [4.69, 9.17) is 4.74 Å². The first-order valence-corrected chi connectivity index (χ1v) is 9.12. The van der Waals surface area contributed by atoms with Gasteiger partial charge in [-0.25, -0.2) is 0 Å². The molecule has 4 rings (SSSR count). The Morgan fingerprint density at radius 2 is 1.96 bits per heavy atom. The molecule has 1 N–H and O–H groups in total. The molecule has 0 fully saturated rings. The van der Waals surface area contributed by atoms with Gasteiger partial charge in [-0.3, -0.25) is 4.79 Å². The Balaban J connectivity index is 1.31. The Bertz CT molecular complexity index is 772. The lowest BCUT2D eigenvalue weighted by Gasteiger charge is -2.31. The van der Waals surface area contributed by atoms with E-state index in [1.165, 1.54) is 24.1 Å². The van der Waals surface area contributed by atoms with Gasteiger partial charge in [0.1, 0.15) is 0 Å². The number of amides is 1. The van der Waals surface area contributed by atoms with Gasteiger partial charge in [0.2, 0.25) is 0 Å². The van der Waals surface area contributed by atoms with Gasteiger partial charge in [-0.15, -0.1) is 0 Å². The second-order valence-corrected chi connectivity index (χ2v) is 6.76. The maximum atomic E-state index is 12.5. The predicted molar refractivity (Wildman–Crippen MR) is 98.9 cm³/mol. The minimum atomic E-state index is 0.0152. The summed E-state index contributed by atoms with van der Waals surface area (Å²) < 4.78 is 5.46. The number of benzene rings is 2. The third-order valence-electron chi connectivity index (χ3n) is 5.12. The maximum absolute atomic E-state index is 12.5. The van der Waals surface area contributed by atoms with Crippen LogP contribution in [0, 0.1) is 0 Å². The molecule has 1 amide bonds. The minimum absolute atomic E-state index is 0.0152. The summed E-state index contributed by atoms with van der Waals surface area (Å²) >= 11 is 0. The molecule has 0 atom stereocenters. The lowest BCUT2D eigenvalue weighted by molar-refractivity contribution is 0.0948. The lowest BCUT2D eigenvalue weighted by atomic mass is 10.0. The number of carbonyl (C=O) groups is 1. The zero-order valence-corrected chi connectivity index (χ0v) is 14.5. The SMILES string of the molecule is O=C(NCCCN1CCCc2ccccc21)c1cccc2c1COC2. The molecular formula is C21H24N2O2. The molecule has 0 radical (unpaired) electrons. The summed E-state index contributed by atoms with van der Waals surface area (Å²) in [5.41, 5.74) is 5.75. The van der Waals surface area contributed by atoms with Crippen molar-refractivity contribution in [1.29, 1.82) is 0 Å². The van der Waals surface area contributed by atoms with E-state index in [1.807, 2.05) is 18.2 Å². The average molecular weight is 336 g/mol. The third kappa shape index (κ3) is 3.40. The summed E-state index contributed by atoms with van der Waals surface area (Å²) in [5.74, 6) is 0.0152. The van der Waals surface area contributed by atoms with Crippen LogP contribution >= 0.6 is 0 Å². The number of fused-ring (bicyclic) bond motifs is 2. The summed E-state index contributed by atoms with van der Waals surface area (Å²) in [7, 11) is 0. The summed E-state index contributed by atoms with van der Waals surface area (Å²) in [5, 5.41) is 3.07. The fourth-order valence-corrected chi connectivity index (χ4v) is 3.83. The first-order valence-electron chi connectivity index (χ1n) is 9.12. The molecule has 0 unspecified atom stereocenters. The number of anilines is 1. The quantitative estimate of drug-likeness (QED) is 0.852. The van der Waals surface area contributed by atoms with Gasteiger partial charge in [0, 0.05) is 30.9 Å². The molecule has 0 aliphatic carbocycles. The Morgan fingerprint density at radius 1 is 1.08 bits per heavy atom. The third-order valence-corrected chi connectivity index (χ3v) is 5.12. The number of para-hydroxylation sites is 1. The van der Waals surface area contributed by atoms with Crippen LogP contribution in [-0.4, -0.2) is 25.5 Å². The van der Waals surface area contributed by atoms with Gasteiger partial charge in [-0.05, 0) is 48.1 Å². The monoisotopic (exact) mass is 336 g/mol. The second kappa shape index (κ2) is 7.28. The van der Waals surface area contributed by atoms with Crippen molar-refractivity contribution in [2.24, 2.45) is 0 Å². The van der Waals surface area contributed by atoms with E-state index in [-0.39, 0.29) is 5.91 Å². The van der Waals surface area contributed by atoms with Crippen molar-refractivity contribution in [2.45, 2.75) is 32.5 Å². The molecule has 25 heavy (non-hydrogen) atoms. The van der Waals surface area contributed by atoms with E-state index in [2.05, 4.69) is 34.5 Å². The van der Waals surface area contributed by atoms with Crippen molar-refractivity contribution < 1.29 is 9.53 Å². The normalized spacial score (nSPS) is 15.6. The van der Waals surface area contributed by atoms with E-state index in [9.17, 15) is 4.79 Å². The standard InChI is InChI=1S/C21H24N2O2/c24-21(18-9-3-7-17-14-25-15-19(17)18)22-11-5-13-23-12-4-8-16-6-1-2-10-20(16)23/h1-3,6-7,9-10H,4-5,8,11-15H2,(H,22,24). The fraction of sp³-hybridized carbons (Fsp3) is 0.381. The Kier molecular flexibility index (Phi) is 4.70. The van der Waals surface area contributed by atoms with E-state index in [1.54, 1.807) is 0 Å². The molecule has 0 saturated carbocycles. The van der Waals surface area contributed by atoms with Crippen LogP contribution in [0.25, 0.3) is 0 Å². The van der Waals surface area contributed by atoms with Crippen molar-refractivity contribution in [3.63, 3.8) is 0 Å². The Labute approximate surface area is 148 Å². The summed E-state index contributed by atoms with van der Waals surface area (Å²) in [4.78, 5) is 14.9. The van der Waals surface area contributed by atoms with Gasteiger partial charge in [0.25, 0.3) is 5.91 Å². The Hall–Kier alpha value is -2.33. The minimum Gasteiger partial charge on any atom is -0.372 e. The summed E-state index contributed by atoms with van der Waals surface area (Å²) in [6.45, 7) is 3.94. The van der Waals surface area contributed by atoms with Crippen LogP contribution in [-0.2, 0) is 24.4 Å². The molecule has 0 saturated heterocycles. The fourth-order valence-electron chi connectivity index (χ4n) is 3.83. The zero-order chi connectivity index (χ0) is 17.1. The maximum Gasteiger partial charge on any atom is 0.251 e. The molecule has 4 heteroatoms. The van der Waals surface area contributed by atoms with Crippen LogP contribution in [0.2, 0.25) is 0 Å². The van der Waals surface area contributed by atoms with Crippen molar-refractivity contribution in [2.75, 3.05) is 24.5 Å². The molecule has 2 heterocycles. The number of nitrogens with one attached hydrogen (secondary N) is 1. The topological polar surface area (TPSA) is 41.6 Å². The number of hydrogen-bond acceptors (Lipinski definition) is 3. The van der Waals surface area contributed by atoms with Crippen molar-refractivity contribution in [3.05, 3.63) is 64.7 Å². The average Bonchev–Trinajstić information content (AvgIpc) is 3.14. The number of aryl methyl sites for hydroxylation is 1. The highest BCUT2D eigenvalue weighted by atomic mass is 16.5. The molecule has 2 aliphatic heterocycles. The highest BCUT2D eigenvalue weighted by molar-refractivity contribution is 5.96. The molecule has 2 aromatic carbocycles. The van der Waals surface area contributed by atoms with Crippen LogP contribution in [0.3, 0.4) is 0 Å². The molecule has 0 spiro atoms. The number of rotatable bonds is 5. The van der Waals surface area contributed by atoms with Crippen molar-refractivity contribution >= 4 is 11.6 Å². The summed E-state index contributed by atoms with van der Waals surface area (Å²) in [6, 6.07) is 14.5. The first kappa shape index (κ1) is 16.2. The predicted octanol–water partition coefficient (Wildman–Crippen LogP) is 3.29. The first-order chi connectivity index (χ1) is 12.3. The molecule has 2 aliphatic rings. The number of carbonyl (C=O) groups excluding carboxylic acids is 1. The van der Waals surface area contributed by atoms with Crippen LogP contribution in [0.5, 0.6) is 0 Å². The Morgan fingerprint density at radius 3 is 2.92 bits per heavy atom. The zero-order valence-electron chi connectivity index (χ0n) is 14.5. The van der Waals surface area contributed by atoms with Crippen molar-refractivity contribution in [3.8, 4) is 0 Å². The van der Waals surface area contributed by atoms with E-state index >= 15 is 0 Å². The van der Waals surface area contributed by atoms with Crippen LogP contribution < -0.4 is 10.2 Å². The summed E-state index contributed by atoms with van der Waals surface area (Å²) in [6.07, 6.45) is 3.33. The van der Waals surface area contributed by atoms with Crippen LogP contribution in [0.15, 0.2) is 42.5 Å². The molecular weight excluding hydrogens is 312 g/mol. The molecule has 2 aromatic rings. The van der Waals surface area contributed by atoms with Gasteiger partial charge in [0.15, 0.2) is 0 Å². The van der Waals surface area contributed by atoms with Crippen LogP contribution in [0.4, 0.5) is 5.69 Å². The molecule has 130 valence electrons. The van der Waals surface area contributed by atoms with Gasteiger partial charge < -0.3 is 15.0 Å². The van der Waals surface area contributed by atoms with Crippen LogP contribution in [0.1, 0.15) is 39.9 Å². The number of hydrogen-bond donors (Lipinski definition) is 1. The largest absolute Gasteiger partial charge is 0.372 e. The van der Waals surface area contributed by atoms with Crippen molar-refractivity contribution in [1.82, 2.24) is 5.32 Å². The second-order valence-electron chi connectivity index (χ2n) is 6.76. The van der Waals surface area contributed by atoms with Gasteiger partial charge in [0.05, 0.1) is 13.2 Å². The van der Waals surface area contributed by atoms with E-state index < -0.39 is 0 Å². The number of nitrogens with zero attached hydrogens (tertiary/aromatic N) is 1. The lowest BCUT2D eigenvalue weighted by Crippen LogP contribution is -2.33. The highest BCUT2D eigenvalue weighted by Gasteiger charge is 2.19. The van der Waals surface area contributed by atoms with E-state index in [0.717, 1.165) is 36.2 Å².